The molecule has 7 nitrogen and oxygen atoms in total. The van der Waals surface area contributed by atoms with E-state index in [0.717, 1.165) is 43.2 Å². The Labute approximate surface area is 159 Å². The molecule has 0 saturated carbocycles. The van der Waals surface area contributed by atoms with E-state index in [0.29, 0.717) is 18.9 Å². The number of aliphatic hydroxyl groups excluding tert-OH is 1. The zero-order chi connectivity index (χ0) is 19.2. The number of amides is 1. The maximum absolute atomic E-state index is 13.2. The third-order valence-corrected chi connectivity index (χ3v) is 5.29. The minimum Gasteiger partial charge on any atom is -0.438 e. The molecule has 0 radical (unpaired) electrons. The Morgan fingerprint density at radius 2 is 2.22 bits per heavy atom. The summed E-state index contributed by atoms with van der Waals surface area (Å²) in [7, 11) is 0. The number of nitrogens with zero attached hydrogens (tertiary/aromatic N) is 2. The number of hydroxylamine groups is 1. The van der Waals surface area contributed by atoms with Crippen LogP contribution in [0.1, 0.15) is 63.8 Å². The summed E-state index contributed by atoms with van der Waals surface area (Å²) in [5.41, 5.74) is 3.37. The molecule has 1 amide bonds. The number of oxazole rings is 1. The summed E-state index contributed by atoms with van der Waals surface area (Å²) in [5, 5.41) is 18.8. The van der Waals surface area contributed by atoms with Crippen LogP contribution in [-0.2, 0) is 4.79 Å². The number of aromatic nitrogens is 1. The molecule has 3 rings (SSSR count). The normalized spacial score (nSPS) is 19.5. The number of carbonyl (C=O) groups excluding carboxylic acids is 1. The van der Waals surface area contributed by atoms with Gasteiger partial charge in [0.15, 0.2) is 5.58 Å². The Bertz CT molecular complexity index is 715. The standard InChI is InChI=1S/C20H29N3O4/c1-2-3-4-8-14(13-18(24)22-26)20(25)23-12-7-10-16(23)19-21-15-9-5-6-11-17(15)27-19/h5-6,9,11,14,16,18,22,24,26H,2-4,7-8,10,12-13H2,1H3/t14-,16+,18?/m1/s1. The highest BCUT2D eigenvalue weighted by Crippen LogP contribution is 2.35. The van der Waals surface area contributed by atoms with E-state index in [1.165, 1.54) is 0 Å². The highest BCUT2D eigenvalue weighted by molar-refractivity contribution is 5.80. The third kappa shape index (κ3) is 4.66. The van der Waals surface area contributed by atoms with Crippen LogP contribution in [0.25, 0.3) is 11.1 Å². The van der Waals surface area contributed by atoms with Gasteiger partial charge in [-0.15, -0.1) is 0 Å². The van der Waals surface area contributed by atoms with Crippen molar-refractivity contribution < 1.29 is 19.5 Å². The van der Waals surface area contributed by atoms with Crippen molar-refractivity contribution in [2.24, 2.45) is 5.92 Å². The van der Waals surface area contributed by atoms with Crippen molar-refractivity contribution in [3.63, 3.8) is 0 Å². The quantitative estimate of drug-likeness (QED) is 0.353. The van der Waals surface area contributed by atoms with Crippen LogP contribution >= 0.6 is 0 Å². The van der Waals surface area contributed by atoms with Gasteiger partial charge in [-0.1, -0.05) is 38.3 Å². The molecule has 7 heteroatoms. The van der Waals surface area contributed by atoms with Gasteiger partial charge in [-0.2, -0.15) is 5.48 Å². The van der Waals surface area contributed by atoms with Crippen LogP contribution in [0.3, 0.4) is 0 Å². The lowest BCUT2D eigenvalue weighted by Crippen LogP contribution is -2.39. The van der Waals surface area contributed by atoms with E-state index in [4.69, 9.17) is 9.62 Å². The summed E-state index contributed by atoms with van der Waals surface area (Å²) in [5.74, 6) is 0.247. The number of fused-ring (bicyclic) bond motifs is 1. The molecule has 1 fully saturated rings. The van der Waals surface area contributed by atoms with Gasteiger partial charge in [-0.25, -0.2) is 4.98 Å². The number of para-hydroxylation sites is 2. The van der Waals surface area contributed by atoms with Gasteiger partial charge in [0.2, 0.25) is 11.8 Å². The molecule has 1 aromatic heterocycles. The second-order valence-corrected chi connectivity index (χ2v) is 7.28. The summed E-state index contributed by atoms with van der Waals surface area (Å²) in [6.07, 6.45) is 4.53. The van der Waals surface area contributed by atoms with Gasteiger partial charge >= 0.3 is 0 Å². The van der Waals surface area contributed by atoms with E-state index in [-0.39, 0.29) is 24.3 Å². The SMILES string of the molecule is CCCCC[C@H](CC(O)NO)C(=O)N1CCC[C@H]1c1nc2ccccc2o1. The molecular formula is C20H29N3O4. The zero-order valence-electron chi connectivity index (χ0n) is 15.8. The predicted molar refractivity (Wildman–Crippen MR) is 101 cm³/mol. The Balaban J connectivity index is 1.76. The fourth-order valence-corrected chi connectivity index (χ4v) is 3.86. The number of hydrogen-bond acceptors (Lipinski definition) is 6. The first-order chi connectivity index (χ1) is 13.1. The number of hydrogen-bond donors (Lipinski definition) is 3. The summed E-state index contributed by atoms with van der Waals surface area (Å²) in [6, 6.07) is 7.43. The van der Waals surface area contributed by atoms with Crippen LogP contribution < -0.4 is 5.48 Å². The number of aliphatic hydroxyl groups is 1. The summed E-state index contributed by atoms with van der Waals surface area (Å²) < 4.78 is 5.91. The second kappa shape index (κ2) is 9.30. The van der Waals surface area contributed by atoms with Crippen molar-refractivity contribution in [3.8, 4) is 0 Å². The fraction of sp³-hybridized carbons (Fsp3) is 0.600. The first kappa shape index (κ1) is 19.8. The van der Waals surface area contributed by atoms with Crippen LogP contribution in [0.4, 0.5) is 0 Å². The number of benzene rings is 1. The van der Waals surface area contributed by atoms with Crippen LogP contribution in [0.2, 0.25) is 0 Å². The van der Waals surface area contributed by atoms with Gasteiger partial charge in [0, 0.05) is 18.9 Å². The van der Waals surface area contributed by atoms with E-state index in [1.54, 1.807) is 0 Å². The van der Waals surface area contributed by atoms with Gasteiger partial charge in [0.05, 0.1) is 0 Å². The number of nitrogens with one attached hydrogen (secondary N) is 1. The highest BCUT2D eigenvalue weighted by Gasteiger charge is 2.37. The molecule has 3 N–H and O–H groups in total. The number of likely N-dealkylation sites (tertiary alicyclic amines) is 1. The number of rotatable bonds is 9. The summed E-state index contributed by atoms with van der Waals surface area (Å²) >= 11 is 0. The first-order valence-corrected chi connectivity index (χ1v) is 9.87. The molecule has 3 atom stereocenters. The maximum Gasteiger partial charge on any atom is 0.226 e. The van der Waals surface area contributed by atoms with Crippen molar-refractivity contribution in [2.45, 2.75) is 64.1 Å². The Morgan fingerprint density at radius 1 is 1.41 bits per heavy atom. The Kier molecular flexibility index (Phi) is 6.82. The van der Waals surface area contributed by atoms with Gasteiger partial charge in [-0.05, 0) is 31.4 Å². The molecule has 0 bridgehead atoms. The van der Waals surface area contributed by atoms with E-state index in [1.807, 2.05) is 34.6 Å². The number of carbonyl (C=O) groups is 1. The van der Waals surface area contributed by atoms with Gasteiger partial charge < -0.3 is 19.6 Å². The Morgan fingerprint density at radius 3 is 2.96 bits per heavy atom. The minimum absolute atomic E-state index is 0.00478. The Hall–Kier alpha value is -1.96. The topological polar surface area (TPSA) is 98.8 Å². The first-order valence-electron chi connectivity index (χ1n) is 9.87. The molecule has 27 heavy (non-hydrogen) atoms. The van der Waals surface area contributed by atoms with Crippen molar-refractivity contribution in [2.75, 3.05) is 6.54 Å². The van der Waals surface area contributed by atoms with Crippen LogP contribution in [0, 0.1) is 5.92 Å². The van der Waals surface area contributed by atoms with Gasteiger partial charge in [0.1, 0.15) is 17.8 Å². The van der Waals surface area contributed by atoms with E-state index < -0.39 is 6.23 Å². The lowest BCUT2D eigenvalue weighted by atomic mass is 9.95. The van der Waals surface area contributed by atoms with E-state index in [9.17, 15) is 9.90 Å². The number of unbranched alkanes of at least 4 members (excludes halogenated alkanes) is 2. The minimum atomic E-state index is -1.11. The fourth-order valence-electron chi connectivity index (χ4n) is 3.86. The van der Waals surface area contributed by atoms with Crippen molar-refractivity contribution in [3.05, 3.63) is 30.2 Å². The zero-order valence-corrected chi connectivity index (χ0v) is 15.8. The average molecular weight is 375 g/mol. The average Bonchev–Trinajstić information content (AvgIpc) is 3.32. The van der Waals surface area contributed by atoms with E-state index in [2.05, 4.69) is 11.9 Å². The van der Waals surface area contributed by atoms with Crippen LogP contribution in [0.5, 0.6) is 0 Å². The largest absolute Gasteiger partial charge is 0.438 e. The van der Waals surface area contributed by atoms with Crippen LogP contribution in [0.15, 0.2) is 28.7 Å². The molecule has 2 heterocycles. The van der Waals surface area contributed by atoms with Crippen molar-refractivity contribution >= 4 is 17.0 Å². The molecule has 0 aliphatic carbocycles. The molecule has 1 aliphatic rings. The highest BCUT2D eigenvalue weighted by atomic mass is 16.5. The third-order valence-electron chi connectivity index (χ3n) is 5.29. The molecule has 0 spiro atoms. The molecule has 1 aromatic carbocycles. The monoisotopic (exact) mass is 375 g/mol. The lowest BCUT2D eigenvalue weighted by molar-refractivity contribution is -0.139. The van der Waals surface area contributed by atoms with E-state index >= 15 is 0 Å². The maximum atomic E-state index is 13.2. The second-order valence-electron chi connectivity index (χ2n) is 7.28. The van der Waals surface area contributed by atoms with Gasteiger partial charge in [-0.3, -0.25) is 4.79 Å². The van der Waals surface area contributed by atoms with Gasteiger partial charge in [0.25, 0.3) is 0 Å². The molecule has 148 valence electrons. The molecule has 1 saturated heterocycles. The smallest absolute Gasteiger partial charge is 0.226 e. The van der Waals surface area contributed by atoms with Crippen LogP contribution in [-0.4, -0.2) is 38.9 Å². The lowest BCUT2D eigenvalue weighted by Gasteiger charge is -2.28. The van der Waals surface area contributed by atoms with Crippen molar-refractivity contribution in [1.82, 2.24) is 15.4 Å². The summed E-state index contributed by atoms with van der Waals surface area (Å²) in [6.45, 7) is 2.78. The molecular weight excluding hydrogens is 346 g/mol. The molecule has 1 unspecified atom stereocenters. The van der Waals surface area contributed by atoms with Crippen molar-refractivity contribution in [1.29, 1.82) is 0 Å². The molecule has 1 aliphatic heterocycles. The molecule has 2 aromatic rings. The predicted octanol–water partition coefficient (Wildman–Crippen LogP) is 3.38. The summed E-state index contributed by atoms with van der Waals surface area (Å²) in [4.78, 5) is 19.6.